The van der Waals surface area contributed by atoms with Crippen LogP contribution in [0, 0.1) is 5.41 Å². The summed E-state index contributed by atoms with van der Waals surface area (Å²) in [7, 11) is -0.500. The lowest BCUT2D eigenvalue weighted by molar-refractivity contribution is 0.0949. The molecule has 12 heteroatoms. The molecule has 0 saturated carbocycles. The summed E-state index contributed by atoms with van der Waals surface area (Å²) in [6.07, 6.45) is 1.13. The van der Waals surface area contributed by atoms with Crippen LogP contribution in [0.25, 0.3) is 0 Å². The number of hydrogen-bond donors (Lipinski definition) is 2. The van der Waals surface area contributed by atoms with E-state index < -0.39 is 21.3 Å². The van der Waals surface area contributed by atoms with E-state index in [1.54, 1.807) is 36.1 Å². The van der Waals surface area contributed by atoms with Gasteiger partial charge in [0.25, 0.3) is 5.91 Å². The third-order valence-corrected chi connectivity index (χ3v) is 7.20. The van der Waals surface area contributed by atoms with Gasteiger partial charge in [0, 0.05) is 31.8 Å². The van der Waals surface area contributed by atoms with Crippen molar-refractivity contribution < 1.29 is 22.7 Å². The van der Waals surface area contributed by atoms with Gasteiger partial charge >= 0.3 is 0 Å². The number of ketones is 1. The average Bonchev–Trinajstić information content (AvgIpc) is 3.10. The van der Waals surface area contributed by atoms with Crippen LogP contribution < -0.4 is 14.4 Å². The van der Waals surface area contributed by atoms with E-state index in [2.05, 4.69) is 10.3 Å². The number of amides is 1. The Morgan fingerprint density at radius 1 is 1.24 bits per heavy atom. The van der Waals surface area contributed by atoms with Gasteiger partial charge in [-0.1, -0.05) is 20.8 Å². The number of halogens is 1. The second kappa shape index (κ2) is 11.2. The molecule has 1 aromatic carbocycles. The maximum atomic E-state index is 13.3. The molecule has 0 spiro atoms. The van der Waals surface area contributed by atoms with Gasteiger partial charge in [-0.2, -0.15) is 0 Å². The minimum absolute atomic E-state index is 0. The molecule has 1 aliphatic heterocycles. The van der Waals surface area contributed by atoms with Crippen molar-refractivity contribution in [3.05, 3.63) is 52.3 Å². The second-order valence-electron chi connectivity index (χ2n) is 9.70. The summed E-state index contributed by atoms with van der Waals surface area (Å²) in [6.45, 7) is 8.22. The van der Waals surface area contributed by atoms with E-state index in [-0.39, 0.29) is 47.4 Å². The normalized spacial score (nSPS) is 13.1. The van der Waals surface area contributed by atoms with Crippen molar-refractivity contribution >= 4 is 50.2 Å². The third-order valence-electron chi connectivity index (χ3n) is 6.01. The first-order valence-corrected chi connectivity index (χ1v) is 13.4. The number of fused-ring (bicyclic) bond motifs is 1. The van der Waals surface area contributed by atoms with Gasteiger partial charge in [0.15, 0.2) is 17.2 Å². The highest BCUT2D eigenvalue weighted by Crippen LogP contribution is 2.34. The molecule has 0 unspecified atom stereocenters. The number of pyridine rings is 1. The Bertz CT molecular complexity index is 1340. The zero-order chi connectivity index (χ0) is 27.0. The molecule has 37 heavy (non-hydrogen) atoms. The standard InChI is InChI=1S/C25H33N5O5S.BrH/c1-8-35-20-12-16-13-30(23(26)21(16)28-22(20)24(32)27-5)14-19(31)15-9-10-18(29(6)36(7,33)34)17(11-15)25(2,3)4;/h9-12,26H,8,13-14H2,1-7H3,(H,27,32);1H. The van der Waals surface area contributed by atoms with Gasteiger partial charge in [-0.05, 0) is 42.2 Å². The van der Waals surface area contributed by atoms with E-state index >= 15 is 0 Å². The molecule has 0 saturated heterocycles. The van der Waals surface area contributed by atoms with Crippen LogP contribution in [0.2, 0.25) is 0 Å². The first-order valence-electron chi connectivity index (χ1n) is 11.5. The molecule has 0 radical (unpaired) electrons. The highest BCUT2D eigenvalue weighted by atomic mass is 79.9. The van der Waals surface area contributed by atoms with Gasteiger partial charge in [0.2, 0.25) is 10.0 Å². The monoisotopic (exact) mass is 595 g/mol. The van der Waals surface area contributed by atoms with E-state index in [1.165, 1.54) is 18.4 Å². The van der Waals surface area contributed by atoms with Gasteiger partial charge < -0.3 is 15.0 Å². The molecular formula is C25H34BrN5O5S. The number of aromatic nitrogens is 1. The number of benzene rings is 1. The summed E-state index contributed by atoms with van der Waals surface area (Å²) in [6, 6.07) is 6.67. The summed E-state index contributed by atoms with van der Waals surface area (Å²) in [4.78, 5) is 31.5. The minimum atomic E-state index is -3.48. The van der Waals surface area contributed by atoms with Crippen molar-refractivity contribution in [2.75, 3.05) is 37.8 Å². The number of sulfonamides is 1. The van der Waals surface area contributed by atoms with Crippen molar-refractivity contribution in [3.63, 3.8) is 0 Å². The lowest BCUT2D eigenvalue weighted by Gasteiger charge is -2.28. The van der Waals surface area contributed by atoms with Crippen molar-refractivity contribution in [1.82, 2.24) is 15.2 Å². The maximum absolute atomic E-state index is 13.3. The number of carbonyl (C=O) groups is 2. The molecule has 10 nitrogen and oxygen atoms in total. The number of amidine groups is 1. The van der Waals surface area contributed by atoms with Crippen molar-refractivity contribution in [3.8, 4) is 5.75 Å². The van der Waals surface area contributed by atoms with Crippen molar-refractivity contribution in [2.45, 2.75) is 39.7 Å². The quantitative estimate of drug-likeness (QED) is 0.448. The van der Waals surface area contributed by atoms with Crippen LogP contribution in [0.1, 0.15) is 65.4 Å². The number of nitrogens with one attached hydrogen (secondary N) is 2. The Hall–Kier alpha value is -2.99. The van der Waals surface area contributed by atoms with Crippen LogP contribution in [0.5, 0.6) is 5.75 Å². The SMILES string of the molecule is Br.CCOc1cc2c(nc1C(=O)NC)C(=N)N(CC(=O)c1ccc(N(C)S(C)(=O)=O)c(C(C)(C)C)c1)C2. The zero-order valence-electron chi connectivity index (χ0n) is 22.1. The van der Waals surface area contributed by atoms with E-state index in [4.69, 9.17) is 10.1 Å². The van der Waals surface area contributed by atoms with Crippen LogP contribution in [-0.2, 0) is 22.0 Å². The van der Waals surface area contributed by atoms with Crippen LogP contribution in [0.4, 0.5) is 5.69 Å². The molecule has 0 fully saturated rings. The molecule has 202 valence electrons. The molecule has 0 aliphatic carbocycles. The second-order valence-corrected chi connectivity index (χ2v) is 11.7. The van der Waals surface area contributed by atoms with Crippen LogP contribution >= 0.6 is 17.0 Å². The van der Waals surface area contributed by atoms with E-state index in [0.717, 1.165) is 11.8 Å². The van der Waals surface area contributed by atoms with E-state index in [9.17, 15) is 18.0 Å². The van der Waals surface area contributed by atoms with E-state index in [0.29, 0.717) is 34.9 Å². The molecule has 1 amide bonds. The Morgan fingerprint density at radius 3 is 2.43 bits per heavy atom. The molecular weight excluding hydrogens is 562 g/mol. The molecule has 0 bridgehead atoms. The Balaban J connectivity index is 0.00000481. The predicted molar refractivity (Wildman–Crippen MR) is 149 cm³/mol. The van der Waals surface area contributed by atoms with Gasteiger partial charge in [0.1, 0.15) is 11.5 Å². The average molecular weight is 597 g/mol. The Labute approximate surface area is 228 Å². The molecule has 3 rings (SSSR count). The molecule has 2 N–H and O–H groups in total. The number of hydrogen-bond acceptors (Lipinski definition) is 7. The molecule has 1 aliphatic rings. The first-order chi connectivity index (χ1) is 16.7. The number of carbonyl (C=O) groups excluding carboxylic acids is 2. The fourth-order valence-corrected chi connectivity index (χ4v) is 4.52. The number of ether oxygens (including phenoxy) is 1. The van der Waals surface area contributed by atoms with Gasteiger partial charge in [-0.3, -0.25) is 19.3 Å². The highest BCUT2D eigenvalue weighted by molar-refractivity contribution is 8.93. The third kappa shape index (κ3) is 6.30. The van der Waals surface area contributed by atoms with Crippen molar-refractivity contribution in [2.24, 2.45) is 0 Å². The number of Topliss-reactive ketones (excluding diaryl/α,β-unsaturated/α-hetero) is 1. The summed E-state index contributed by atoms with van der Waals surface area (Å²) >= 11 is 0. The largest absolute Gasteiger partial charge is 0.491 e. The molecule has 0 atom stereocenters. The predicted octanol–water partition coefficient (Wildman–Crippen LogP) is 3.13. The first kappa shape index (κ1) is 30.2. The topological polar surface area (TPSA) is 133 Å². The smallest absolute Gasteiger partial charge is 0.273 e. The molecule has 2 heterocycles. The van der Waals surface area contributed by atoms with Gasteiger partial charge in [-0.15, -0.1) is 17.0 Å². The van der Waals surface area contributed by atoms with Gasteiger partial charge in [-0.25, -0.2) is 13.4 Å². The summed E-state index contributed by atoms with van der Waals surface area (Å²) in [5.74, 6) is -0.256. The van der Waals surface area contributed by atoms with Crippen LogP contribution in [0.3, 0.4) is 0 Å². The lowest BCUT2D eigenvalue weighted by Crippen LogP contribution is -2.31. The fraction of sp³-hybridized carbons (Fsp3) is 0.440. The summed E-state index contributed by atoms with van der Waals surface area (Å²) < 4.78 is 31.1. The van der Waals surface area contributed by atoms with Crippen molar-refractivity contribution in [1.29, 1.82) is 5.41 Å². The number of rotatable bonds is 8. The number of nitrogens with zero attached hydrogens (tertiary/aromatic N) is 3. The minimum Gasteiger partial charge on any atom is -0.491 e. The van der Waals surface area contributed by atoms with Crippen LogP contribution in [-0.4, -0.2) is 69.3 Å². The molecule has 2 aromatic rings. The van der Waals surface area contributed by atoms with E-state index in [1.807, 2.05) is 20.8 Å². The zero-order valence-corrected chi connectivity index (χ0v) is 24.7. The van der Waals surface area contributed by atoms with Gasteiger partial charge in [0.05, 0.1) is 25.1 Å². The Kier molecular flexibility index (Phi) is 9.13. The molecule has 1 aromatic heterocycles. The maximum Gasteiger partial charge on any atom is 0.273 e. The lowest BCUT2D eigenvalue weighted by atomic mass is 9.84. The summed E-state index contributed by atoms with van der Waals surface area (Å²) in [5.41, 5.74) is 2.36. The fourth-order valence-electron chi connectivity index (χ4n) is 4.00. The van der Waals surface area contributed by atoms with Crippen LogP contribution in [0.15, 0.2) is 24.3 Å². The summed E-state index contributed by atoms with van der Waals surface area (Å²) in [5, 5.41) is 11.1. The Morgan fingerprint density at radius 2 is 1.89 bits per heavy atom. The number of anilines is 1. The highest BCUT2D eigenvalue weighted by Gasteiger charge is 2.31.